The van der Waals surface area contributed by atoms with E-state index in [0.29, 0.717) is 6.54 Å². The van der Waals surface area contributed by atoms with Crippen molar-refractivity contribution in [3.8, 4) is 0 Å². The first-order chi connectivity index (χ1) is 6.65. The third kappa shape index (κ3) is 2.82. The normalized spacial score (nSPS) is 12.5. The summed E-state index contributed by atoms with van der Waals surface area (Å²) in [4.78, 5) is 14.5. The minimum Gasteiger partial charge on any atom is -0.372 e. The van der Waals surface area contributed by atoms with Crippen LogP contribution in [0, 0.1) is 0 Å². The molecular weight excluding hydrogens is 198 g/mol. The van der Waals surface area contributed by atoms with Gasteiger partial charge in [-0.1, -0.05) is 6.07 Å². The Morgan fingerprint density at radius 1 is 1.71 bits per heavy atom. The van der Waals surface area contributed by atoms with E-state index in [0.717, 1.165) is 0 Å². The molecule has 0 N–H and O–H groups in total. The summed E-state index contributed by atoms with van der Waals surface area (Å²) in [6.07, 6.45) is -0.361. The zero-order valence-electron chi connectivity index (χ0n) is 8.69. The quantitative estimate of drug-likeness (QED) is 0.762. The minimum atomic E-state index is -0.361. The van der Waals surface area contributed by atoms with Crippen molar-refractivity contribution in [1.82, 2.24) is 4.90 Å². The number of nitrogens with zero attached hydrogens (tertiary/aromatic N) is 1. The van der Waals surface area contributed by atoms with Crippen LogP contribution in [0.15, 0.2) is 17.5 Å². The molecule has 0 spiro atoms. The smallest absolute Gasteiger partial charge is 0.251 e. The van der Waals surface area contributed by atoms with Crippen molar-refractivity contribution in [2.75, 3.05) is 14.2 Å². The summed E-state index contributed by atoms with van der Waals surface area (Å²) < 4.78 is 4.96. The Labute approximate surface area is 88.3 Å². The maximum absolute atomic E-state index is 11.6. The van der Waals surface area contributed by atoms with Crippen LogP contribution < -0.4 is 0 Å². The fourth-order valence-electron chi connectivity index (χ4n) is 1.13. The molecule has 0 bridgehead atoms. The second-order valence-corrected chi connectivity index (χ2v) is 4.18. The van der Waals surface area contributed by atoms with Crippen LogP contribution in [-0.2, 0) is 16.1 Å². The fourth-order valence-corrected chi connectivity index (χ4v) is 1.88. The first-order valence-corrected chi connectivity index (χ1v) is 5.33. The molecule has 0 aliphatic heterocycles. The Morgan fingerprint density at radius 2 is 2.43 bits per heavy atom. The molecule has 3 nitrogen and oxygen atoms in total. The SMILES string of the molecule is COC(C)C(=O)N(C)Cc1cccs1. The van der Waals surface area contributed by atoms with E-state index in [-0.39, 0.29) is 12.0 Å². The predicted octanol–water partition coefficient (Wildman–Crippen LogP) is 1.74. The number of hydrogen-bond donors (Lipinski definition) is 0. The van der Waals surface area contributed by atoms with Crippen molar-refractivity contribution >= 4 is 17.2 Å². The van der Waals surface area contributed by atoms with Gasteiger partial charge in [-0.05, 0) is 18.4 Å². The molecule has 1 atom stereocenters. The van der Waals surface area contributed by atoms with Gasteiger partial charge in [0.25, 0.3) is 5.91 Å². The van der Waals surface area contributed by atoms with E-state index in [2.05, 4.69) is 0 Å². The molecule has 1 heterocycles. The predicted molar refractivity (Wildman–Crippen MR) is 57.3 cm³/mol. The molecule has 1 aromatic rings. The molecule has 14 heavy (non-hydrogen) atoms. The van der Waals surface area contributed by atoms with E-state index in [4.69, 9.17) is 4.74 Å². The molecule has 0 aliphatic rings. The Balaban J connectivity index is 2.50. The maximum Gasteiger partial charge on any atom is 0.251 e. The topological polar surface area (TPSA) is 29.5 Å². The average Bonchev–Trinajstić information content (AvgIpc) is 2.68. The minimum absolute atomic E-state index is 0.0147. The summed E-state index contributed by atoms with van der Waals surface area (Å²) in [6, 6.07) is 4.00. The number of rotatable bonds is 4. The molecule has 1 aromatic heterocycles. The van der Waals surface area contributed by atoms with Crippen molar-refractivity contribution in [3.63, 3.8) is 0 Å². The third-order valence-electron chi connectivity index (χ3n) is 2.05. The average molecular weight is 213 g/mol. The monoisotopic (exact) mass is 213 g/mol. The lowest BCUT2D eigenvalue weighted by molar-refractivity contribution is -0.140. The van der Waals surface area contributed by atoms with Gasteiger partial charge in [-0.15, -0.1) is 11.3 Å². The van der Waals surface area contributed by atoms with Crippen molar-refractivity contribution in [1.29, 1.82) is 0 Å². The Morgan fingerprint density at radius 3 is 2.93 bits per heavy atom. The number of amides is 1. The van der Waals surface area contributed by atoms with Crippen LogP contribution in [0.4, 0.5) is 0 Å². The van der Waals surface area contributed by atoms with Gasteiger partial charge in [0.1, 0.15) is 6.10 Å². The van der Waals surface area contributed by atoms with E-state index in [1.165, 1.54) is 4.88 Å². The van der Waals surface area contributed by atoms with Crippen LogP contribution in [0.25, 0.3) is 0 Å². The van der Waals surface area contributed by atoms with Crippen LogP contribution in [0.2, 0.25) is 0 Å². The zero-order chi connectivity index (χ0) is 10.6. The first-order valence-electron chi connectivity index (χ1n) is 4.45. The molecule has 0 saturated carbocycles. The highest BCUT2D eigenvalue weighted by Gasteiger charge is 2.16. The van der Waals surface area contributed by atoms with Gasteiger partial charge >= 0.3 is 0 Å². The Kier molecular flexibility index (Phi) is 4.10. The van der Waals surface area contributed by atoms with Crippen LogP contribution >= 0.6 is 11.3 Å². The molecule has 0 aliphatic carbocycles. The second-order valence-electron chi connectivity index (χ2n) is 3.15. The number of thiophene rings is 1. The van der Waals surface area contributed by atoms with Gasteiger partial charge in [-0.25, -0.2) is 0 Å². The van der Waals surface area contributed by atoms with Crippen LogP contribution in [0.1, 0.15) is 11.8 Å². The van der Waals surface area contributed by atoms with Crippen molar-refractivity contribution in [2.45, 2.75) is 19.6 Å². The van der Waals surface area contributed by atoms with Gasteiger partial charge in [0.2, 0.25) is 0 Å². The molecule has 0 fully saturated rings. The van der Waals surface area contributed by atoms with Gasteiger partial charge in [-0.2, -0.15) is 0 Å². The number of carbonyl (C=O) groups is 1. The molecule has 4 heteroatoms. The van der Waals surface area contributed by atoms with Gasteiger partial charge in [0.05, 0.1) is 6.54 Å². The maximum atomic E-state index is 11.6. The third-order valence-corrected chi connectivity index (χ3v) is 2.91. The number of hydrogen-bond acceptors (Lipinski definition) is 3. The highest BCUT2D eigenvalue weighted by molar-refractivity contribution is 7.09. The number of carbonyl (C=O) groups excluding carboxylic acids is 1. The number of likely N-dealkylation sites (N-methyl/N-ethyl adjacent to an activating group) is 1. The lowest BCUT2D eigenvalue weighted by atomic mass is 10.3. The number of ether oxygens (including phenoxy) is 1. The van der Waals surface area contributed by atoms with E-state index in [1.54, 1.807) is 37.3 Å². The Bertz CT molecular complexity index is 284. The summed E-state index contributed by atoms with van der Waals surface area (Å²) in [6.45, 7) is 2.41. The zero-order valence-corrected chi connectivity index (χ0v) is 9.50. The summed E-state index contributed by atoms with van der Waals surface area (Å²) in [5.41, 5.74) is 0. The van der Waals surface area contributed by atoms with Crippen molar-refractivity contribution in [2.24, 2.45) is 0 Å². The second kappa shape index (κ2) is 5.12. The highest BCUT2D eigenvalue weighted by atomic mass is 32.1. The van der Waals surface area contributed by atoms with E-state index < -0.39 is 0 Å². The van der Waals surface area contributed by atoms with Gasteiger partial charge in [-0.3, -0.25) is 4.79 Å². The number of methoxy groups -OCH3 is 1. The summed E-state index contributed by atoms with van der Waals surface area (Å²) in [5.74, 6) is 0.0147. The Hall–Kier alpha value is -0.870. The highest BCUT2D eigenvalue weighted by Crippen LogP contribution is 2.11. The molecule has 0 radical (unpaired) electrons. The molecule has 78 valence electrons. The summed E-state index contributed by atoms with van der Waals surface area (Å²) in [7, 11) is 3.33. The van der Waals surface area contributed by atoms with E-state index in [9.17, 15) is 4.79 Å². The molecular formula is C10H15NO2S. The van der Waals surface area contributed by atoms with Crippen molar-refractivity contribution < 1.29 is 9.53 Å². The largest absolute Gasteiger partial charge is 0.372 e. The molecule has 0 aromatic carbocycles. The summed E-state index contributed by atoms with van der Waals surface area (Å²) >= 11 is 1.65. The van der Waals surface area contributed by atoms with Crippen LogP contribution in [0.5, 0.6) is 0 Å². The lowest BCUT2D eigenvalue weighted by Gasteiger charge is -2.19. The fraction of sp³-hybridized carbons (Fsp3) is 0.500. The van der Waals surface area contributed by atoms with Gasteiger partial charge < -0.3 is 9.64 Å². The van der Waals surface area contributed by atoms with Gasteiger partial charge in [0, 0.05) is 19.0 Å². The van der Waals surface area contributed by atoms with Gasteiger partial charge in [0.15, 0.2) is 0 Å². The van der Waals surface area contributed by atoms with Crippen LogP contribution in [0.3, 0.4) is 0 Å². The molecule has 1 amide bonds. The molecule has 0 saturated heterocycles. The lowest BCUT2D eigenvalue weighted by Crippen LogP contribution is -2.35. The molecule has 1 unspecified atom stereocenters. The van der Waals surface area contributed by atoms with E-state index in [1.807, 2.05) is 17.5 Å². The molecule has 1 rings (SSSR count). The summed E-state index contributed by atoms with van der Waals surface area (Å²) in [5, 5.41) is 2.01. The standard InChI is InChI=1S/C10H15NO2S/c1-8(13-3)10(12)11(2)7-9-5-4-6-14-9/h4-6,8H,7H2,1-3H3. The van der Waals surface area contributed by atoms with Crippen LogP contribution in [-0.4, -0.2) is 31.1 Å². The first kappa shape index (κ1) is 11.2. The van der Waals surface area contributed by atoms with E-state index >= 15 is 0 Å². The van der Waals surface area contributed by atoms with Crippen molar-refractivity contribution in [3.05, 3.63) is 22.4 Å².